The van der Waals surface area contributed by atoms with E-state index in [0.29, 0.717) is 17.3 Å². The van der Waals surface area contributed by atoms with Gasteiger partial charge in [0, 0.05) is 0 Å². The first-order valence-electron chi connectivity index (χ1n) is 9.50. The predicted molar refractivity (Wildman–Crippen MR) is 88.4 cm³/mol. The van der Waals surface area contributed by atoms with Gasteiger partial charge in [0.05, 0.1) is 11.7 Å². The molecule has 126 valence electrons. The van der Waals surface area contributed by atoms with Crippen LogP contribution in [0.4, 0.5) is 0 Å². The summed E-state index contributed by atoms with van der Waals surface area (Å²) in [6.45, 7) is 9.34. The lowest BCUT2D eigenvalue weighted by molar-refractivity contribution is -0.171. The van der Waals surface area contributed by atoms with E-state index in [1.807, 2.05) is 0 Å². The van der Waals surface area contributed by atoms with E-state index in [-0.39, 0.29) is 16.9 Å². The molecule has 2 nitrogen and oxygen atoms in total. The molecular weight excluding hydrogens is 272 g/mol. The van der Waals surface area contributed by atoms with Crippen LogP contribution in [-0.4, -0.2) is 21.9 Å². The number of aliphatic hydroxyl groups is 2. The largest absolute Gasteiger partial charge is 0.393 e. The minimum atomic E-state index is -0.444. The first-order valence-corrected chi connectivity index (χ1v) is 9.50. The molecule has 22 heavy (non-hydrogen) atoms. The first-order chi connectivity index (χ1) is 10.1. The molecule has 4 aliphatic rings. The zero-order valence-corrected chi connectivity index (χ0v) is 14.9. The molecule has 4 rings (SSSR count). The molecule has 0 aliphatic heterocycles. The van der Waals surface area contributed by atoms with Crippen molar-refractivity contribution in [2.24, 2.45) is 34.0 Å². The molecule has 2 bridgehead atoms. The van der Waals surface area contributed by atoms with Gasteiger partial charge >= 0.3 is 0 Å². The van der Waals surface area contributed by atoms with Crippen LogP contribution in [-0.2, 0) is 0 Å². The summed E-state index contributed by atoms with van der Waals surface area (Å²) in [4.78, 5) is 0. The quantitative estimate of drug-likeness (QED) is 0.706. The molecule has 4 aliphatic carbocycles. The molecule has 2 heteroatoms. The van der Waals surface area contributed by atoms with E-state index in [2.05, 4.69) is 27.7 Å². The lowest BCUT2D eigenvalue weighted by Gasteiger charge is -2.64. The third-order valence-electron chi connectivity index (χ3n) is 8.69. The Kier molecular flexibility index (Phi) is 3.02. The lowest BCUT2D eigenvalue weighted by atomic mass is 9.41. The van der Waals surface area contributed by atoms with Crippen molar-refractivity contribution in [3.8, 4) is 0 Å². The van der Waals surface area contributed by atoms with Gasteiger partial charge in [0.15, 0.2) is 0 Å². The number of aliphatic hydroxyl groups excluding tert-OH is 1. The molecule has 0 aromatic carbocycles. The number of hydrogen-bond donors (Lipinski definition) is 2. The van der Waals surface area contributed by atoms with E-state index in [0.717, 1.165) is 25.2 Å². The molecular formula is C20H34O2. The van der Waals surface area contributed by atoms with Gasteiger partial charge in [0.2, 0.25) is 0 Å². The van der Waals surface area contributed by atoms with Gasteiger partial charge in [-0.2, -0.15) is 0 Å². The molecule has 2 N–H and O–H groups in total. The van der Waals surface area contributed by atoms with Gasteiger partial charge in [-0.3, -0.25) is 0 Å². The van der Waals surface area contributed by atoms with E-state index in [4.69, 9.17) is 0 Å². The van der Waals surface area contributed by atoms with Crippen molar-refractivity contribution in [2.75, 3.05) is 0 Å². The maximum absolute atomic E-state index is 10.9. The van der Waals surface area contributed by atoms with Crippen molar-refractivity contribution in [3.05, 3.63) is 0 Å². The molecule has 7 atom stereocenters. The number of rotatable bonds is 0. The highest BCUT2D eigenvalue weighted by atomic mass is 16.3. The third kappa shape index (κ3) is 1.86. The molecule has 4 unspecified atom stereocenters. The van der Waals surface area contributed by atoms with Crippen LogP contribution in [0.1, 0.15) is 79.1 Å². The summed E-state index contributed by atoms with van der Waals surface area (Å²) in [6.07, 6.45) is 9.14. The number of hydrogen-bond acceptors (Lipinski definition) is 2. The maximum Gasteiger partial charge on any atom is 0.0653 e. The predicted octanol–water partition coefficient (Wildman–Crippen LogP) is 4.14. The van der Waals surface area contributed by atoms with E-state index < -0.39 is 5.60 Å². The van der Waals surface area contributed by atoms with Gasteiger partial charge in [-0.05, 0) is 92.3 Å². The topological polar surface area (TPSA) is 40.5 Å². The highest BCUT2D eigenvalue weighted by Crippen LogP contribution is 2.72. The van der Waals surface area contributed by atoms with Crippen molar-refractivity contribution in [1.82, 2.24) is 0 Å². The highest BCUT2D eigenvalue weighted by molar-refractivity contribution is 5.16. The van der Waals surface area contributed by atoms with Crippen molar-refractivity contribution < 1.29 is 10.2 Å². The van der Waals surface area contributed by atoms with Crippen LogP contribution in [0.2, 0.25) is 0 Å². The van der Waals surface area contributed by atoms with Gasteiger partial charge < -0.3 is 10.2 Å². The van der Waals surface area contributed by atoms with Crippen molar-refractivity contribution >= 4 is 0 Å². The fourth-order valence-corrected chi connectivity index (χ4v) is 8.29. The van der Waals surface area contributed by atoms with Crippen molar-refractivity contribution in [2.45, 2.75) is 90.8 Å². The molecule has 0 radical (unpaired) electrons. The van der Waals surface area contributed by atoms with Crippen LogP contribution in [0, 0.1) is 34.0 Å². The molecule has 0 saturated heterocycles. The Balaban J connectivity index is 1.74. The number of fused-ring (bicyclic) bond motifs is 3. The SMILES string of the molecule is CC1(C)CC(O)C[C@]2(C)C1CC[C@@]13CC(CCC12)[C@](C)(O)C3. The summed E-state index contributed by atoms with van der Waals surface area (Å²) in [7, 11) is 0. The average molecular weight is 306 g/mol. The van der Waals surface area contributed by atoms with Crippen molar-refractivity contribution in [3.63, 3.8) is 0 Å². The highest BCUT2D eigenvalue weighted by Gasteiger charge is 2.66. The van der Waals surface area contributed by atoms with Gasteiger partial charge in [0.1, 0.15) is 0 Å². The standard InChI is InChI=1S/C20H34O2/c1-17(2)10-14(21)11-18(3)15(17)7-8-20-9-13(5-6-16(18)20)19(4,22)12-20/h13-16,21-22H,5-12H2,1-4H3/t13?,14?,15?,16?,18-,19-,20+/m1/s1. The molecule has 4 saturated carbocycles. The van der Waals surface area contributed by atoms with Crippen molar-refractivity contribution in [1.29, 1.82) is 0 Å². The maximum atomic E-state index is 10.9. The second-order valence-corrected chi connectivity index (χ2v) is 10.6. The van der Waals surface area contributed by atoms with Crippen LogP contribution < -0.4 is 0 Å². The Morgan fingerprint density at radius 3 is 2.32 bits per heavy atom. The summed E-state index contributed by atoms with van der Waals surface area (Å²) in [6, 6.07) is 0. The summed E-state index contributed by atoms with van der Waals surface area (Å²) in [5, 5.41) is 21.4. The van der Waals surface area contributed by atoms with E-state index in [9.17, 15) is 10.2 Å². The summed E-state index contributed by atoms with van der Waals surface area (Å²) in [5.41, 5.74) is 0.447. The molecule has 1 spiro atoms. The molecule has 0 aromatic heterocycles. The molecule has 0 heterocycles. The zero-order valence-electron chi connectivity index (χ0n) is 14.9. The van der Waals surface area contributed by atoms with Gasteiger partial charge in [-0.25, -0.2) is 0 Å². The van der Waals surface area contributed by atoms with Crippen LogP contribution in [0.5, 0.6) is 0 Å². The normalized spacial score (nSPS) is 59.7. The van der Waals surface area contributed by atoms with Crippen LogP contribution >= 0.6 is 0 Å². The van der Waals surface area contributed by atoms with Gasteiger partial charge in [-0.1, -0.05) is 20.8 Å². The average Bonchev–Trinajstić information content (AvgIpc) is 2.52. The minimum absolute atomic E-state index is 0.133. The third-order valence-corrected chi connectivity index (χ3v) is 8.69. The molecule has 4 fully saturated rings. The van der Waals surface area contributed by atoms with E-state index >= 15 is 0 Å². The summed E-state index contributed by atoms with van der Waals surface area (Å²) in [5.74, 6) is 1.96. The molecule has 0 aromatic rings. The van der Waals surface area contributed by atoms with Crippen LogP contribution in [0.25, 0.3) is 0 Å². The van der Waals surface area contributed by atoms with Crippen LogP contribution in [0.3, 0.4) is 0 Å². The van der Waals surface area contributed by atoms with E-state index in [1.54, 1.807) is 0 Å². The Morgan fingerprint density at radius 2 is 1.59 bits per heavy atom. The Labute approximate surface area is 135 Å². The first kappa shape index (κ1) is 15.4. The monoisotopic (exact) mass is 306 g/mol. The van der Waals surface area contributed by atoms with E-state index in [1.165, 1.54) is 32.1 Å². The molecule has 0 amide bonds. The fourth-order valence-electron chi connectivity index (χ4n) is 8.29. The Morgan fingerprint density at radius 1 is 0.864 bits per heavy atom. The Hall–Kier alpha value is -0.0800. The van der Waals surface area contributed by atoms with Crippen LogP contribution in [0.15, 0.2) is 0 Å². The fraction of sp³-hybridized carbons (Fsp3) is 1.00. The Bertz CT molecular complexity index is 482. The smallest absolute Gasteiger partial charge is 0.0653 e. The zero-order chi connectivity index (χ0) is 16.0. The van der Waals surface area contributed by atoms with Gasteiger partial charge in [-0.15, -0.1) is 0 Å². The second kappa shape index (κ2) is 4.30. The lowest BCUT2D eigenvalue weighted by Crippen LogP contribution is -2.58. The second-order valence-electron chi connectivity index (χ2n) is 10.6. The summed E-state index contributed by atoms with van der Waals surface area (Å²) < 4.78 is 0. The van der Waals surface area contributed by atoms with Gasteiger partial charge in [0.25, 0.3) is 0 Å². The minimum Gasteiger partial charge on any atom is -0.393 e. The summed E-state index contributed by atoms with van der Waals surface area (Å²) >= 11 is 0.